The Labute approximate surface area is 117 Å². The van der Waals surface area contributed by atoms with E-state index < -0.39 is 0 Å². The maximum atomic E-state index is 10.7. The van der Waals surface area contributed by atoms with Gasteiger partial charge in [-0.05, 0) is 93.9 Å². The topological polar surface area (TPSA) is 32.3 Å². The van der Waals surface area contributed by atoms with Crippen molar-refractivity contribution < 1.29 is 5.11 Å². The highest BCUT2D eigenvalue weighted by atomic mass is 16.3. The zero-order valence-electron chi connectivity index (χ0n) is 12.2. The van der Waals surface area contributed by atoms with Crippen molar-refractivity contribution in [2.45, 2.75) is 69.8 Å². The summed E-state index contributed by atoms with van der Waals surface area (Å²) in [6.45, 7) is 1.93. The van der Waals surface area contributed by atoms with Crippen LogP contribution in [0, 0.1) is 23.2 Å². The molecule has 19 heavy (non-hydrogen) atoms. The summed E-state index contributed by atoms with van der Waals surface area (Å²) in [5, 5.41) is 14.1. The number of aliphatic hydroxyl groups is 1. The average molecular weight is 263 g/mol. The summed E-state index contributed by atoms with van der Waals surface area (Å²) in [6.07, 6.45) is 13.6. The lowest BCUT2D eigenvalue weighted by atomic mass is 9.48. The lowest BCUT2D eigenvalue weighted by Gasteiger charge is -2.57. The van der Waals surface area contributed by atoms with Crippen LogP contribution in [0.15, 0.2) is 0 Å². The van der Waals surface area contributed by atoms with Crippen molar-refractivity contribution in [1.29, 1.82) is 0 Å². The molecule has 0 amide bonds. The normalized spacial score (nSPS) is 52.6. The summed E-state index contributed by atoms with van der Waals surface area (Å²) in [4.78, 5) is 0. The number of β-amino-alcohol motifs (C(OH)–C–C–N with tert-alkyl or cyclic N) is 1. The van der Waals surface area contributed by atoms with E-state index >= 15 is 0 Å². The van der Waals surface area contributed by atoms with Crippen molar-refractivity contribution in [3.05, 3.63) is 0 Å². The van der Waals surface area contributed by atoms with Crippen LogP contribution >= 0.6 is 0 Å². The van der Waals surface area contributed by atoms with Gasteiger partial charge in [0, 0.05) is 6.54 Å². The second-order valence-electron chi connectivity index (χ2n) is 8.42. The summed E-state index contributed by atoms with van der Waals surface area (Å²) < 4.78 is 0. The van der Waals surface area contributed by atoms with Gasteiger partial charge >= 0.3 is 0 Å². The molecule has 0 aromatic carbocycles. The average Bonchev–Trinajstić information content (AvgIpc) is 2.36. The Morgan fingerprint density at radius 1 is 0.947 bits per heavy atom. The van der Waals surface area contributed by atoms with Crippen molar-refractivity contribution in [1.82, 2.24) is 5.32 Å². The van der Waals surface area contributed by atoms with Gasteiger partial charge < -0.3 is 10.4 Å². The molecule has 5 aliphatic rings. The number of piperidine rings is 1. The maximum Gasteiger partial charge on any atom is 0.0772 e. The van der Waals surface area contributed by atoms with Gasteiger partial charge in [0.05, 0.1) is 5.60 Å². The molecule has 2 nitrogen and oxygen atoms in total. The van der Waals surface area contributed by atoms with E-state index in [-0.39, 0.29) is 5.60 Å². The van der Waals surface area contributed by atoms with Crippen LogP contribution in [-0.4, -0.2) is 23.8 Å². The van der Waals surface area contributed by atoms with Crippen molar-refractivity contribution in [3.63, 3.8) is 0 Å². The first-order valence-electron chi connectivity index (χ1n) is 8.58. The van der Waals surface area contributed by atoms with Gasteiger partial charge in [0.1, 0.15) is 0 Å². The molecule has 1 saturated heterocycles. The monoisotopic (exact) mass is 263 g/mol. The number of nitrogens with one attached hydrogen (secondary N) is 1. The summed E-state index contributed by atoms with van der Waals surface area (Å²) in [7, 11) is 0. The molecule has 1 aliphatic heterocycles. The third kappa shape index (κ3) is 2.35. The Morgan fingerprint density at radius 2 is 1.58 bits per heavy atom. The SMILES string of the molecule is OC1(CCC23CC4CC(CC(C4)C2)C3)CCCNC1. The van der Waals surface area contributed by atoms with E-state index in [0.717, 1.165) is 50.1 Å². The first-order valence-corrected chi connectivity index (χ1v) is 8.58. The van der Waals surface area contributed by atoms with Gasteiger partial charge in [-0.2, -0.15) is 0 Å². The summed E-state index contributed by atoms with van der Waals surface area (Å²) in [6, 6.07) is 0. The zero-order valence-corrected chi connectivity index (χ0v) is 12.2. The standard InChI is InChI=1S/C17H29NO/c19-17(2-1-5-18-12-17)4-3-16-9-13-6-14(10-16)8-15(7-13)11-16/h13-15,18-19H,1-12H2. The van der Waals surface area contributed by atoms with Crippen LogP contribution in [0.1, 0.15) is 64.2 Å². The summed E-state index contributed by atoms with van der Waals surface area (Å²) in [5.74, 6) is 3.14. The van der Waals surface area contributed by atoms with Gasteiger partial charge in [0.2, 0.25) is 0 Å². The molecule has 4 saturated carbocycles. The van der Waals surface area contributed by atoms with Crippen LogP contribution in [0.25, 0.3) is 0 Å². The van der Waals surface area contributed by atoms with Gasteiger partial charge in [-0.25, -0.2) is 0 Å². The quantitative estimate of drug-likeness (QED) is 0.820. The molecular weight excluding hydrogens is 234 g/mol. The lowest BCUT2D eigenvalue weighted by Crippen LogP contribution is -2.49. The first kappa shape index (κ1) is 12.6. The van der Waals surface area contributed by atoms with Crippen LogP contribution in [0.2, 0.25) is 0 Å². The van der Waals surface area contributed by atoms with Gasteiger partial charge in [-0.3, -0.25) is 0 Å². The molecule has 4 aliphatic carbocycles. The second-order valence-corrected chi connectivity index (χ2v) is 8.42. The number of hydrogen-bond donors (Lipinski definition) is 2. The van der Waals surface area contributed by atoms with Gasteiger partial charge in [-0.1, -0.05) is 0 Å². The molecule has 108 valence electrons. The molecule has 5 rings (SSSR count). The fourth-order valence-corrected chi connectivity index (χ4v) is 6.26. The van der Waals surface area contributed by atoms with E-state index in [1.165, 1.54) is 44.9 Å². The molecule has 2 N–H and O–H groups in total. The minimum Gasteiger partial charge on any atom is -0.389 e. The zero-order chi connectivity index (χ0) is 12.9. The smallest absolute Gasteiger partial charge is 0.0772 e. The van der Waals surface area contributed by atoms with Gasteiger partial charge in [0.15, 0.2) is 0 Å². The van der Waals surface area contributed by atoms with Crippen LogP contribution in [0.5, 0.6) is 0 Å². The molecule has 2 heteroatoms. The molecule has 4 bridgehead atoms. The maximum absolute atomic E-state index is 10.7. The Bertz CT molecular complexity index is 310. The Morgan fingerprint density at radius 3 is 2.11 bits per heavy atom. The molecule has 1 heterocycles. The van der Waals surface area contributed by atoms with E-state index in [2.05, 4.69) is 5.32 Å². The van der Waals surface area contributed by atoms with Crippen LogP contribution in [-0.2, 0) is 0 Å². The van der Waals surface area contributed by atoms with E-state index in [1.807, 2.05) is 0 Å². The molecular formula is C17H29NO. The third-order valence-electron chi connectivity index (χ3n) is 6.74. The summed E-state index contributed by atoms with van der Waals surface area (Å²) in [5.41, 5.74) is 0.253. The molecule has 0 spiro atoms. The largest absolute Gasteiger partial charge is 0.389 e. The molecule has 1 atom stereocenters. The minimum absolute atomic E-state index is 0.387. The fraction of sp³-hybridized carbons (Fsp3) is 1.00. The van der Waals surface area contributed by atoms with Crippen LogP contribution in [0.3, 0.4) is 0 Å². The molecule has 5 fully saturated rings. The molecule has 0 aromatic rings. The Kier molecular flexibility index (Phi) is 2.97. The van der Waals surface area contributed by atoms with Crippen molar-refractivity contribution in [2.75, 3.05) is 13.1 Å². The molecule has 1 unspecified atom stereocenters. The number of hydrogen-bond acceptors (Lipinski definition) is 2. The van der Waals surface area contributed by atoms with E-state index in [0.29, 0.717) is 5.41 Å². The third-order valence-corrected chi connectivity index (χ3v) is 6.74. The number of rotatable bonds is 3. The van der Waals surface area contributed by atoms with Gasteiger partial charge in [0.25, 0.3) is 0 Å². The Hall–Kier alpha value is -0.0800. The minimum atomic E-state index is -0.387. The summed E-state index contributed by atoms with van der Waals surface area (Å²) >= 11 is 0. The highest BCUT2D eigenvalue weighted by Crippen LogP contribution is 2.61. The molecule has 0 aromatic heterocycles. The van der Waals surface area contributed by atoms with Crippen LogP contribution in [0.4, 0.5) is 0 Å². The fourth-order valence-electron chi connectivity index (χ4n) is 6.26. The van der Waals surface area contributed by atoms with E-state index in [1.54, 1.807) is 0 Å². The first-order chi connectivity index (χ1) is 9.15. The van der Waals surface area contributed by atoms with Crippen molar-refractivity contribution in [2.24, 2.45) is 23.2 Å². The Balaban J connectivity index is 1.42. The predicted octanol–water partition coefficient (Wildman–Crippen LogP) is 3.10. The van der Waals surface area contributed by atoms with E-state index in [4.69, 9.17) is 0 Å². The molecule has 0 radical (unpaired) electrons. The predicted molar refractivity (Wildman–Crippen MR) is 76.9 cm³/mol. The van der Waals surface area contributed by atoms with Crippen molar-refractivity contribution in [3.8, 4) is 0 Å². The highest BCUT2D eigenvalue weighted by molar-refractivity contribution is 5.02. The lowest BCUT2D eigenvalue weighted by molar-refractivity contribution is -0.0760. The highest BCUT2D eigenvalue weighted by Gasteiger charge is 2.51. The van der Waals surface area contributed by atoms with E-state index in [9.17, 15) is 5.11 Å². The second kappa shape index (κ2) is 4.46. The van der Waals surface area contributed by atoms with Crippen molar-refractivity contribution >= 4 is 0 Å². The van der Waals surface area contributed by atoms with Crippen LogP contribution < -0.4 is 5.32 Å². The van der Waals surface area contributed by atoms with Gasteiger partial charge in [-0.15, -0.1) is 0 Å².